The molecule has 0 bridgehead atoms. The lowest BCUT2D eigenvalue weighted by Gasteiger charge is -2.23. The normalized spacial score (nSPS) is 16.2. The van der Waals surface area contributed by atoms with Gasteiger partial charge in [-0.15, -0.1) is 0 Å². The first-order chi connectivity index (χ1) is 12.1. The topological polar surface area (TPSA) is 86.9 Å². The first-order valence-corrected chi connectivity index (χ1v) is 9.94. The molecule has 25 heavy (non-hydrogen) atoms. The minimum Gasteiger partial charge on any atom is -0.317 e. The molecule has 0 aliphatic carbocycles. The Morgan fingerprint density at radius 1 is 1.04 bits per heavy atom. The molecule has 0 unspecified atom stereocenters. The van der Waals surface area contributed by atoms with Crippen molar-refractivity contribution in [3.05, 3.63) is 48.5 Å². The van der Waals surface area contributed by atoms with Crippen LogP contribution in [0.5, 0.6) is 0 Å². The largest absolute Gasteiger partial charge is 0.317 e. The summed E-state index contributed by atoms with van der Waals surface area (Å²) in [5, 5.41) is 11.1. The summed E-state index contributed by atoms with van der Waals surface area (Å²) in [6.45, 7) is 1.48. The van der Waals surface area contributed by atoms with Gasteiger partial charge in [-0.3, -0.25) is 9.82 Å². The van der Waals surface area contributed by atoms with Crippen LogP contribution in [0.3, 0.4) is 0 Å². The van der Waals surface area contributed by atoms with Crippen LogP contribution in [-0.2, 0) is 10.0 Å². The molecule has 1 saturated heterocycles. The number of aromatic amines is 1. The van der Waals surface area contributed by atoms with Crippen molar-refractivity contribution in [3.63, 3.8) is 0 Å². The molecule has 4 rings (SSSR count). The Labute approximate surface area is 146 Å². The number of aromatic nitrogens is 2. The highest BCUT2D eigenvalue weighted by Crippen LogP contribution is 2.29. The number of hydrogen-bond donors (Lipinski definition) is 3. The minimum atomic E-state index is -3.39. The van der Waals surface area contributed by atoms with Gasteiger partial charge in [-0.1, -0.05) is 30.3 Å². The van der Waals surface area contributed by atoms with E-state index in [-0.39, 0.29) is 5.25 Å². The molecule has 0 amide bonds. The summed E-state index contributed by atoms with van der Waals surface area (Å²) >= 11 is 0. The van der Waals surface area contributed by atoms with E-state index < -0.39 is 10.0 Å². The molecule has 0 radical (unpaired) electrons. The summed E-state index contributed by atoms with van der Waals surface area (Å²) in [5.41, 5.74) is 3.26. The van der Waals surface area contributed by atoms with Crippen LogP contribution in [0.1, 0.15) is 12.8 Å². The first-order valence-electron chi connectivity index (χ1n) is 8.39. The zero-order valence-corrected chi connectivity index (χ0v) is 14.5. The highest BCUT2D eigenvalue weighted by molar-refractivity contribution is 7.93. The van der Waals surface area contributed by atoms with E-state index in [2.05, 4.69) is 20.2 Å². The molecule has 1 fully saturated rings. The number of sulfonamides is 1. The Balaban J connectivity index is 1.67. The van der Waals surface area contributed by atoms with E-state index in [1.807, 2.05) is 42.5 Å². The molecule has 0 atom stereocenters. The summed E-state index contributed by atoms with van der Waals surface area (Å²) in [4.78, 5) is 0. The number of piperidine rings is 1. The van der Waals surface area contributed by atoms with Crippen molar-refractivity contribution in [2.75, 3.05) is 17.8 Å². The Morgan fingerprint density at radius 3 is 2.56 bits per heavy atom. The molecule has 1 aromatic heterocycles. The molecular formula is C18H20N4O2S. The number of fused-ring (bicyclic) bond motifs is 1. The molecule has 2 aromatic carbocycles. The number of anilines is 1. The summed E-state index contributed by atoms with van der Waals surface area (Å²) < 4.78 is 28.0. The summed E-state index contributed by atoms with van der Waals surface area (Å²) in [6.07, 6.45) is 1.27. The van der Waals surface area contributed by atoms with Gasteiger partial charge >= 0.3 is 0 Å². The second kappa shape index (κ2) is 6.50. The van der Waals surface area contributed by atoms with Gasteiger partial charge in [0.1, 0.15) is 0 Å². The van der Waals surface area contributed by atoms with E-state index in [4.69, 9.17) is 0 Å². The molecule has 3 aromatic rings. The fourth-order valence-corrected chi connectivity index (χ4v) is 4.73. The lowest BCUT2D eigenvalue weighted by molar-refractivity contribution is 0.499. The van der Waals surface area contributed by atoms with Crippen molar-refractivity contribution in [3.8, 4) is 11.3 Å². The van der Waals surface area contributed by atoms with Gasteiger partial charge < -0.3 is 5.32 Å². The van der Waals surface area contributed by atoms with E-state index in [0.29, 0.717) is 18.5 Å². The van der Waals surface area contributed by atoms with E-state index in [0.717, 1.165) is 35.2 Å². The SMILES string of the molecule is O=S(=O)(Nc1ccc2[nH]nc(-c3ccccc3)c2c1)C1CCNCC1. The maximum absolute atomic E-state index is 12.6. The average Bonchev–Trinajstić information content (AvgIpc) is 3.06. The van der Waals surface area contributed by atoms with Crippen LogP contribution in [0, 0.1) is 0 Å². The maximum Gasteiger partial charge on any atom is 0.235 e. The summed E-state index contributed by atoms with van der Waals surface area (Å²) in [6, 6.07) is 15.3. The molecule has 0 spiro atoms. The van der Waals surface area contributed by atoms with Crippen molar-refractivity contribution in [1.29, 1.82) is 0 Å². The van der Waals surface area contributed by atoms with Gasteiger partial charge in [-0.05, 0) is 44.1 Å². The van der Waals surface area contributed by atoms with Crippen LogP contribution in [0.2, 0.25) is 0 Å². The van der Waals surface area contributed by atoms with Gasteiger partial charge in [0.25, 0.3) is 0 Å². The van der Waals surface area contributed by atoms with Crippen molar-refractivity contribution < 1.29 is 8.42 Å². The molecule has 2 heterocycles. The van der Waals surface area contributed by atoms with Crippen LogP contribution in [0.25, 0.3) is 22.2 Å². The molecular weight excluding hydrogens is 336 g/mol. The Kier molecular flexibility index (Phi) is 4.19. The zero-order valence-electron chi connectivity index (χ0n) is 13.7. The number of hydrogen-bond acceptors (Lipinski definition) is 4. The Hall–Kier alpha value is -2.38. The fraction of sp³-hybridized carbons (Fsp3) is 0.278. The van der Waals surface area contributed by atoms with Gasteiger partial charge in [-0.25, -0.2) is 8.42 Å². The summed E-state index contributed by atoms with van der Waals surface area (Å²) in [5.74, 6) is 0. The van der Waals surface area contributed by atoms with E-state index in [1.54, 1.807) is 6.07 Å². The van der Waals surface area contributed by atoms with Crippen LogP contribution < -0.4 is 10.0 Å². The molecule has 6 nitrogen and oxygen atoms in total. The van der Waals surface area contributed by atoms with Crippen LogP contribution in [0.15, 0.2) is 48.5 Å². The first kappa shape index (κ1) is 16.1. The lowest BCUT2D eigenvalue weighted by atomic mass is 10.1. The lowest BCUT2D eigenvalue weighted by Crippen LogP contribution is -2.38. The molecule has 130 valence electrons. The van der Waals surface area contributed by atoms with Gasteiger partial charge in [0.05, 0.1) is 16.5 Å². The van der Waals surface area contributed by atoms with E-state index >= 15 is 0 Å². The third-order valence-electron chi connectivity index (χ3n) is 4.60. The Bertz CT molecular complexity index is 977. The maximum atomic E-state index is 12.6. The summed E-state index contributed by atoms with van der Waals surface area (Å²) in [7, 11) is -3.39. The highest BCUT2D eigenvalue weighted by Gasteiger charge is 2.27. The van der Waals surface area contributed by atoms with Gasteiger partial charge in [0, 0.05) is 16.6 Å². The molecule has 1 aliphatic heterocycles. The third kappa shape index (κ3) is 3.25. The standard InChI is InChI=1S/C18H20N4O2S/c23-25(24,15-8-10-19-11-9-15)22-14-6-7-17-16(12-14)18(21-20-17)13-4-2-1-3-5-13/h1-7,12,15,19,22H,8-11H2,(H,20,21). The Morgan fingerprint density at radius 2 is 1.80 bits per heavy atom. The highest BCUT2D eigenvalue weighted by atomic mass is 32.2. The van der Waals surface area contributed by atoms with Crippen LogP contribution >= 0.6 is 0 Å². The fourth-order valence-electron chi connectivity index (χ4n) is 3.25. The number of benzene rings is 2. The van der Waals surface area contributed by atoms with Gasteiger partial charge in [-0.2, -0.15) is 5.10 Å². The monoisotopic (exact) mass is 356 g/mol. The van der Waals surface area contributed by atoms with Crippen molar-refractivity contribution in [1.82, 2.24) is 15.5 Å². The average molecular weight is 356 g/mol. The van der Waals surface area contributed by atoms with Crippen molar-refractivity contribution in [2.24, 2.45) is 0 Å². The molecule has 3 N–H and O–H groups in total. The van der Waals surface area contributed by atoms with Crippen LogP contribution in [0.4, 0.5) is 5.69 Å². The quantitative estimate of drug-likeness (QED) is 0.671. The second-order valence-electron chi connectivity index (χ2n) is 6.30. The minimum absolute atomic E-state index is 0.345. The number of nitrogens with zero attached hydrogens (tertiary/aromatic N) is 1. The molecule has 7 heteroatoms. The van der Waals surface area contributed by atoms with Crippen molar-refractivity contribution >= 4 is 26.6 Å². The second-order valence-corrected chi connectivity index (χ2v) is 8.26. The zero-order chi connectivity index (χ0) is 17.3. The van der Waals surface area contributed by atoms with E-state index in [9.17, 15) is 8.42 Å². The van der Waals surface area contributed by atoms with E-state index in [1.165, 1.54) is 0 Å². The predicted molar refractivity (Wildman–Crippen MR) is 100.0 cm³/mol. The number of nitrogens with one attached hydrogen (secondary N) is 3. The van der Waals surface area contributed by atoms with Crippen molar-refractivity contribution in [2.45, 2.75) is 18.1 Å². The number of H-pyrrole nitrogens is 1. The number of rotatable bonds is 4. The smallest absolute Gasteiger partial charge is 0.235 e. The van der Waals surface area contributed by atoms with Gasteiger partial charge in [0.2, 0.25) is 10.0 Å². The predicted octanol–water partition coefficient (Wildman–Crippen LogP) is 2.72. The van der Waals surface area contributed by atoms with Gasteiger partial charge in [0.15, 0.2) is 0 Å². The molecule has 0 saturated carbocycles. The van der Waals surface area contributed by atoms with Crippen LogP contribution in [-0.4, -0.2) is 37.0 Å². The molecule has 1 aliphatic rings. The third-order valence-corrected chi connectivity index (χ3v) is 6.46.